The van der Waals surface area contributed by atoms with Crippen LogP contribution in [0.25, 0.3) is 0 Å². The number of aliphatic hydroxyl groups is 1. The lowest BCUT2D eigenvalue weighted by Crippen LogP contribution is -2.27. The molecule has 2 atom stereocenters. The van der Waals surface area contributed by atoms with Gasteiger partial charge in [-0.1, -0.05) is 26.7 Å². The summed E-state index contributed by atoms with van der Waals surface area (Å²) in [5.41, 5.74) is 0. The number of rotatable bonds is 6. The van der Waals surface area contributed by atoms with Crippen molar-refractivity contribution in [2.75, 3.05) is 7.11 Å². The van der Waals surface area contributed by atoms with E-state index in [1.54, 1.807) is 7.11 Å². The van der Waals surface area contributed by atoms with Crippen molar-refractivity contribution in [2.24, 2.45) is 5.92 Å². The van der Waals surface area contributed by atoms with Crippen LogP contribution in [-0.4, -0.2) is 24.4 Å². The highest BCUT2D eigenvalue weighted by Gasteiger charge is 2.16. The third kappa shape index (κ3) is 4.07. The van der Waals surface area contributed by atoms with Crippen LogP contribution < -0.4 is 0 Å². The fourth-order valence-corrected chi connectivity index (χ4v) is 1.31. The van der Waals surface area contributed by atoms with Crippen LogP contribution in [0.3, 0.4) is 0 Å². The van der Waals surface area contributed by atoms with E-state index in [9.17, 15) is 5.11 Å². The van der Waals surface area contributed by atoms with Gasteiger partial charge in [-0.3, -0.25) is 0 Å². The number of ether oxygens (including phenoxy) is 1. The summed E-state index contributed by atoms with van der Waals surface area (Å²) in [5.74, 6) is 0.637. The molecular weight excluding hydrogens is 152 g/mol. The molecule has 0 amide bonds. The Morgan fingerprint density at radius 2 is 1.75 bits per heavy atom. The Kier molecular flexibility index (Phi) is 6.39. The van der Waals surface area contributed by atoms with Crippen molar-refractivity contribution in [3.8, 4) is 0 Å². The van der Waals surface area contributed by atoms with E-state index in [2.05, 4.69) is 13.8 Å². The van der Waals surface area contributed by atoms with Crippen LogP contribution in [-0.2, 0) is 4.74 Å². The van der Waals surface area contributed by atoms with Crippen molar-refractivity contribution in [3.63, 3.8) is 0 Å². The van der Waals surface area contributed by atoms with Gasteiger partial charge in [-0.05, 0) is 19.3 Å². The summed E-state index contributed by atoms with van der Waals surface area (Å²) in [6.07, 6.45) is 2.81. The normalized spacial score (nSPS) is 16.5. The number of methoxy groups -OCH3 is 1. The first-order valence-electron chi connectivity index (χ1n) is 4.86. The molecule has 0 heterocycles. The molecule has 2 nitrogen and oxygen atoms in total. The summed E-state index contributed by atoms with van der Waals surface area (Å²) in [6, 6.07) is 0. The van der Waals surface area contributed by atoms with Crippen LogP contribution >= 0.6 is 0 Å². The Bertz CT molecular complexity index is 100. The molecule has 1 N–H and O–H groups in total. The van der Waals surface area contributed by atoms with Crippen molar-refractivity contribution >= 4 is 0 Å². The maximum absolute atomic E-state index is 9.63. The number of hydrogen-bond donors (Lipinski definition) is 1. The molecule has 74 valence electrons. The molecule has 0 aromatic heterocycles. The monoisotopic (exact) mass is 174 g/mol. The van der Waals surface area contributed by atoms with Crippen LogP contribution in [0.4, 0.5) is 0 Å². The van der Waals surface area contributed by atoms with Gasteiger partial charge in [0, 0.05) is 7.11 Å². The zero-order valence-corrected chi connectivity index (χ0v) is 8.71. The van der Waals surface area contributed by atoms with E-state index >= 15 is 0 Å². The van der Waals surface area contributed by atoms with Gasteiger partial charge in [0.15, 0.2) is 0 Å². The van der Waals surface area contributed by atoms with Crippen LogP contribution in [0.1, 0.15) is 40.0 Å². The lowest BCUT2D eigenvalue weighted by molar-refractivity contribution is -0.0127. The van der Waals surface area contributed by atoms with E-state index < -0.39 is 0 Å². The first-order chi connectivity index (χ1) is 5.65. The summed E-state index contributed by atoms with van der Waals surface area (Å²) < 4.78 is 5.05. The highest BCUT2D eigenvalue weighted by molar-refractivity contribution is 4.68. The number of hydrogen-bond acceptors (Lipinski definition) is 2. The molecule has 0 saturated carbocycles. The molecule has 2 heteroatoms. The summed E-state index contributed by atoms with van der Waals surface area (Å²) in [7, 11) is 1.64. The predicted octanol–water partition coefficient (Wildman–Crippen LogP) is 2.21. The van der Waals surface area contributed by atoms with Crippen molar-refractivity contribution in [3.05, 3.63) is 0 Å². The largest absolute Gasteiger partial charge is 0.390 e. The van der Waals surface area contributed by atoms with Crippen LogP contribution in [0.5, 0.6) is 0 Å². The lowest BCUT2D eigenvalue weighted by atomic mass is 9.94. The second-order valence-electron chi connectivity index (χ2n) is 3.43. The SMILES string of the molecule is CCC(CC)CC(O)C(C)OC. The van der Waals surface area contributed by atoms with Gasteiger partial charge in [-0.2, -0.15) is 0 Å². The topological polar surface area (TPSA) is 29.5 Å². The van der Waals surface area contributed by atoms with Gasteiger partial charge in [0.1, 0.15) is 0 Å². The Balaban J connectivity index is 3.72. The van der Waals surface area contributed by atoms with Crippen LogP contribution in [0.15, 0.2) is 0 Å². The summed E-state index contributed by atoms with van der Waals surface area (Å²) >= 11 is 0. The molecule has 0 spiro atoms. The highest BCUT2D eigenvalue weighted by Crippen LogP contribution is 2.17. The smallest absolute Gasteiger partial charge is 0.0802 e. The molecule has 12 heavy (non-hydrogen) atoms. The van der Waals surface area contributed by atoms with Gasteiger partial charge in [-0.25, -0.2) is 0 Å². The van der Waals surface area contributed by atoms with E-state index in [-0.39, 0.29) is 12.2 Å². The molecule has 0 aliphatic carbocycles. The van der Waals surface area contributed by atoms with Crippen LogP contribution in [0, 0.1) is 5.92 Å². The molecule has 0 rings (SSSR count). The van der Waals surface area contributed by atoms with Gasteiger partial charge in [0.2, 0.25) is 0 Å². The number of aliphatic hydroxyl groups excluding tert-OH is 1. The molecule has 0 aromatic rings. The summed E-state index contributed by atoms with van der Waals surface area (Å²) in [4.78, 5) is 0. The minimum absolute atomic E-state index is 0.0365. The molecule has 0 fully saturated rings. The van der Waals surface area contributed by atoms with Crippen molar-refractivity contribution in [2.45, 2.75) is 52.2 Å². The van der Waals surface area contributed by atoms with E-state index in [4.69, 9.17) is 4.74 Å². The minimum atomic E-state index is -0.306. The molecule has 0 aliphatic rings. The van der Waals surface area contributed by atoms with Crippen LogP contribution in [0.2, 0.25) is 0 Å². The molecule has 0 aromatic carbocycles. The Morgan fingerprint density at radius 1 is 1.25 bits per heavy atom. The summed E-state index contributed by atoms with van der Waals surface area (Å²) in [5, 5.41) is 9.63. The van der Waals surface area contributed by atoms with Crippen molar-refractivity contribution in [1.29, 1.82) is 0 Å². The fourth-order valence-electron chi connectivity index (χ4n) is 1.31. The first-order valence-corrected chi connectivity index (χ1v) is 4.86. The van der Waals surface area contributed by atoms with Crippen molar-refractivity contribution in [1.82, 2.24) is 0 Å². The molecule has 0 bridgehead atoms. The maximum atomic E-state index is 9.63. The van der Waals surface area contributed by atoms with E-state index in [1.807, 2.05) is 6.92 Å². The Hall–Kier alpha value is -0.0800. The zero-order chi connectivity index (χ0) is 9.56. The second kappa shape index (κ2) is 6.44. The van der Waals surface area contributed by atoms with E-state index in [1.165, 1.54) is 0 Å². The summed E-state index contributed by atoms with van der Waals surface area (Å²) in [6.45, 7) is 6.24. The Morgan fingerprint density at radius 3 is 2.08 bits per heavy atom. The fraction of sp³-hybridized carbons (Fsp3) is 1.00. The molecule has 2 unspecified atom stereocenters. The predicted molar refractivity (Wildman–Crippen MR) is 51.2 cm³/mol. The molecule has 0 saturated heterocycles. The minimum Gasteiger partial charge on any atom is -0.390 e. The van der Waals surface area contributed by atoms with Gasteiger partial charge in [-0.15, -0.1) is 0 Å². The third-order valence-electron chi connectivity index (χ3n) is 2.64. The molecular formula is C10H22O2. The maximum Gasteiger partial charge on any atom is 0.0802 e. The van der Waals surface area contributed by atoms with Gasteiger partial charge >= 0.3 is 0 Å². The lowest BCUT2D eigenvalue weighted by Gasteiger charge is -2.21. The Labute approximate surface area is 75.9 Å². The standard InChI is InChI=1S/C10H22O2/c1-5-9(6-2)7-10(11)8(3)12-4/h8-11H,5-7H2,1-4H3. The van der Waals surface area contributed by atoms with Crippen molar-refractivity contribution < 1.29 is 9.84 Å². The molecule has 0 aliphatic heterocycles. The van der Waals surface area contributed by atoms with Gasteiger partial charge in [0.25, 0.3) is 0 Å². The second-order valence-corrected chi connectivity index (χ2v) is 3.43. The van der Waals surface area contributed by atoms with E-state index in [0.717, 1.165) is 19.3 Å². The average Bonchev–Trinajstić information content (AvgIpc) is 2.12. The van der Waals surface area contributed by atoms with Gasteiger partial charge in [0.05, 0.1) is 12.2 Å². The first kappa shape index (κ1) is 11.9. The third-order valence-corrected chi connectivity index (χ3v) is 2.64. The average molecular weight is 174 g/mol. The molecule has 0 radical (unpaired) electrons. The van der Waals surface area contributed by atoms with E-state index in [0.29, 0.717) is 5.92 Å². The zero-order valence-electron chi connectivity index (χ0n) is 8.71. The highest BCUT2D eigenvalue weighted by atomic mass is 16.5. The van der Waals surface area contributed by atoms with Gasteiger partial charge < -0.3 is 9.84 Å². The quantitative estimate of drug-likeness (QED) is 0.669.